The first-order chi connectivity index (χ1) is 10.5. The highest BCUT2D eigenvalue weighted by Crippen LogP contribution is 2.36. The monoisotopic (exact) mass is 306 g/mol. The Bertz CT molecular complexity index is 533. The summed E-state index contributed by atoms with van der Waals surface area (Å²) in [6, 6.07) is 3.82. The van der Waals surface area contributed by atoms with Gasteiger partial charge in [0.15, 0.2) is 0 Å². The minimum atomic E-state index is -0.673. The number of aliphatic hydroxyl groups is 1. The number of ether oxygens (including phenoxy) is 1. The van der Waals surface area contributed by atoms with Gasteiger partial charge >= 0.3 is 0 Å². The first kappa shape index (κ1) is 15.7. The van der Waals surface area contributed by atoms with Crippen molar-refractivity contribution in [3.8, 4) is 5.75 Å². The molecular weight excluding hydrogens is 280 g/mol. The van der Waals surface area contributed by atoms with Gasteiger partial charge in [-0.05, 0) is 51.8 Å². The van der Waals surface area contributed by atoms with Crippen LogP contribution >= 0.6 is 0 Å². The van der Waals surface area contributed by atoms with Crippen LogP contribution in [-0.2, 0) is 11.3 Å². The van der Waals surface area contributed by atoms with E-state index in [0.29, 0.717) is 26.2 Å². The van der Waals surface area contributed by atoms with E-state index in [-0.39, 0.29) is 17.7 Å². The fourth-order valence-corrected chi connectivity index (χ4v) is 3.80. The summed E-state index contributed by atoms with van der Waals surface area (Å²) in [6.07, 6.45) is 2.87. The van der Waals surface area contributed by atoms with E-state index in [1.807, 2.05) is 19.9 Å². The number of rotatable bonds is 3. The van der Waals surface area contributed by atoms with Crippen molar-refractivity contribution in [3.63, 3.8) is 0 Å². The smallest absolute Gasteiger partial charge is 0.138 e. The number of aromatic nitrogens is 1. The van der Waals surface area contributed by atoms with Crippen molar-refractivity contribution in [1.29, 1.82) is 0 Å². The molecule has 0 spiro atoms. The number of hydrogen-bond acceptors (Lipinski definition) is 5. The third-order valence-electron chi connectivity index (χ3n) is 5.17. The van der Waals surface area contributed by atoms with Gasteiger partial charge in [0, 0.05) is 30.8 Å². The van der Waals surface area contributed by atoms with Crippen LogP contribution in [0.15, 0.2) is 12.1 Å². The van der Waals surface area contributed by atoms with Crippen LogP contribution in [0.1, 0.15) is 37.6 Å². The van der Waals surface area contributed by atoms with E-state index in [9.17, 15) is 10.2 Å². The lowest BCUT2D eigenvalue weighted by Gasteiger charge is -2.43. The van der Waals surface area contributed by atoms with E-state index in [4.69, 9.17) is 4.74 Å². The second-order valence-electron chi connectivity index (χ2n) is 6.89. The SMILES string of the molecule is Cc1ccc(O)c(CN2CCC[C@@H]2[C@H]2COCC[C@]2(C)O)n1. The molecule has 5 heteroatoms. The van der Waals surface area contributed by atoms with Gasteiger partial charge in [-0.15, -0.1) is 0 Å². The molecule has 1 aromatic heterocycles. The molecule has 5 nitrogen and oxygen atoms in total. The zero-order valence-electron chi connectivity index (χ0n) is 13.5. The van der Waals surface area contributed by atoms with Crippen LogP contribution in [0.3, 0.4) is 0 Å². The van der Waals surface area contributed by atoms with Crippen LogP contribution in [0.5, 0.6) is 5.75 Å². The molecule has 0 aromatic carbocycles. The predicted molar refractivity (Wildman–Crippen MR) is 83.6 cm³/mol. The van der Waals surface area contributed by atoms with Gasteiger partial charge in [0.25, 0.3) is 0 Å². The van der Waals surface area contributed by atoms with Gasteiger partial charge in [0.1, 0.15) is 5.75 Å². The van der Waals surface area contributed by atoms with Crippen molar-refractivity contribution in [3.05, 3.63) is 23.5 Å². The van der Waals surface area contributed by atoms with Crippen molar-refractivity contribution < 1.29 is 14.9 Å². The molecule has 0 radical (unpaired) electrons. The molecule has 3 rings (SSSR count). The van der Waals surface area contributed by atoms with Gasteiger partial charge in [0.05, 0.1) is 17.9 Å². The van der Waals surface area contributed by atoms with Crippen LogP contribution in [0.4, 0.5) is 0 Å². The van der Waals surface area contributed by atoms with Crippen LogP contribution in [0, 0.1) is 12.8 Å². The lowest BCUT2D eigenvalue weighted by molar-refractivity contribution is -0.123. The van der Waals surface area contributed by atoms with Gasteiger partial charge in [-0.3, -0.25) is 9.88 Å². The number of nitrogens with zero attached hydrogens (tertiary/aromatic N) is 2. The first-order valence-corrected chi connectivity index (χ1v) is 8.17. The highest BCUT2D eigenvalue weighted by atomic mass is 16.5. The van der Waals surface area contributed by atoms with Gasteiger partial charge in [-0.25, -0.2) is 0 Å². The molecule has 0 bridgehead atoms. The van der Waals surface area contributed by atoms with Gasteiger partial charge in [-0.1, -0.05) is 0 Å². The fourth-order valence-electron chi connectivity index (χ4n) is 3.80. The van der Waals surface area contributed by atoms with Crippen LogP contribution in [0.2, 0.25) is 0 Å². The third-order valence-corrected chi connectivity index (χ3v) is 5.17. The van der Waals surface area contributed by atoms with Crippen molar-refractivity contribution >= 4 is 0 Å². The van der Waals surface area contributed by atoms with Crippen LogP contribution < -0.4 is 0 Å². The molecule has 0 aliphatic carbocycles. The molecule has 22 heavy (non-hydrogen) atoms. The molecule has 0 amide bonds. The van der Waals surface area contributed by atoms with Crippen molar-refractivity contribution in [2.24, 2.45) is 5.92 Å². The average Bonchev–Trinajstić information content (AvgIpc) is 2.90. The molecule has 2 fully saturated rings. The molecule has 1 aromatic rings. The maximum Gasteiger partial charge on any atom is 0.138 e. The van der Waals surface area contributed by atoms with E-state index < -0.39 is 5.60 Å². The summed E-state index contributed by atoms with van der Waals surface area (Å²) in [5.74, 6) is 0.374. The zero-order chi connectivity index (χ0) is 15.7. The first-order valence-electron chi connectivity index (χ1n) is 8.17. The molecule has 0 unspecified atom stereocenters. The lowest BCUT2D eigenvalue weighted by atomic mass is 9.79. The molecule has 0 saturated carbocycles. The maximum atomic E-state index is 10.7. The molecule has 2 aliphatic rings. The summed E-state index contributed by atoms with van der Waals surface area (Å²) >= 11 is 0. The van der Waals surface area contributed by atoms with E-state index >= 15 is 0 Å². The Morgan fingerprint density at radius 1 is 1.45 bits per heavy atom. The standard InChI is InChI=1S/C17H26N2O3/c1-12-5-6-16(20)14(18-12)10-19-8-3-4-15(19)13-11-22-9-7-17(13,2)21/h5-6,13,15,20-21H,3-4,7-11H2,1-2H3/t13-,15-,17+/m1/s1. The van der Waals surface area contributed by atoms with E-state index in [1.54, 1.807) is 6.07 Å². The van der Waals surface area contributed by atoms with Crippen LogP contribution in [-0.4, -0.2) is 51.5 Å². The predicted octanol–water partition coefficient (Wildman–Crippen LogP) is 1.85. The largest absolute Gasteiger partial charge is 0.506 e. The van der Waals surface area contributed by atoms with Gasteiger partial charge in [-0.2, -0.15) is 0 Å². The quantitative estimate of drug-likeness (QED) is 0.892. The summed E-state index contributed by atoms with van der Waals surface area (Å²) in [5, 5.41) is 20.7. The van der Waals surface area contributed by atoms with E-state index in [2.05, 4.69) is 9.88 Å². The number of likely N-dealkylation sites (tertiary alicyclic amines) is 1. The number of pyridine rings is 1. The minimum Gasteiger partial charge on any atom is -0.506 e. The molecular formula is C17H26N2O3. The number of aryl methyl sites for hydroxylation is 1. The topological polar surface area (TPSA) is 65.8 Å². The third kappa shape index (κ3) is 3.12. The van der Waals surface area contributed by atoms with E-state index in [1.165, 1.54) is 0 Å². The Balaban J connectivity index is 1.77. The lowest BCUT2D eigenvalue weighted by Crippen LogP contribution is -2.52. The zero-order valence-corrected chi connectivity index (χ0v) is 13.5. The van der Waals surface area contributed by atoms with Gasteiger partial charge < -0.3 is 14.9 Å². The Morgan fingerprint density at radius 2 is 2.27 bits per heavy atom. The fraction of sp³-hybridized carbons (Fsp3) is 0.706. The Hall–Kier alpha value is -1.17. The van der Waals surface area contributed by atoms with E-state index in [0.717, 1.165) is 30.8 Å². The summed E-state index contributed by atoms with van der Waals surface area (Å²) in [7, 11) is 0. The van der Waals surface area contributed by atoms with Gasteiger partial charge in [0.2, 0.25) is 0 Å². The molecule has 122 valence electrons. The van der Waals surface area contributed by atoms with Crippen molar-refractivity contribution in [2.75, 3.05) is 19.8 Å². The molecule has 2 aliphatic heterocycles. The molecule has 2 saturated heterocycles. The molecule has 3 heterocycles. The highest BCUT2D eigenvalue weighted by Gasteiger charge is 2.44. The maximum absolute atomic E-state index is 10.7. The second kappa shape index (κ2) is 6.14. The summed E-state index contributed by atoms with van der Waals surface area (Å²) in [4.78, 5) is 6.81. The Kier molecular flexibility index (Phi) is 4.39. The highest BCUT2D eigenvalue weighted by molar-refractivity contribution is 5.27. The van der Waals surface area contributed by atoms with Crippen molar-refractivity contribution in [2.45, 2.75) is 51.3 Å². The number of hydrogen-bond donors (Lipinski definition) is 2. The Morgan fingerprint density at radius 3 is 3.05 bits per heavy atom. The van der Waals surface area contributed by atoms with Crippen molar-refractivity contribution in [1.82, 2.24) is 9.88 Å². The summed E-state index contributed by atoms with van der Waals surface area (Å²) < 4.78 is 5.62. The Labute approximate surface area is 131 Å². The molecule has 2 N–H and O–H groups in total. The normalized spacial score (nSPS) is 33.2. The summed E-state index contributed by atoms with van der Waals surface area (Å²) in [6.45, 7) is 6.72. The minimum absolute atomic E-state index is 0.121. The van der Waals surface area contributed by atoms with Crippen LogP contribution in [0.25, 0.3) is 0 Å². The second-order valence-corrected chi connectivity index (χ2v) is 6.89. The molecule has 3 atom stereocenters. The average molecular weight is 306 g/mol. The number of aromatic hydroxyl groups is 1. The summed E-state index contributed by atoms with van der Waals surface area (Å²) in [5.41, 5.74) is 0.966.